The van der Waals surface area contributed by atoms with E-state index in [9.17, 15) is 14.3 Å². The number of nitrogens with one attached hydrogen (secondary N) is 1. The first-order valence-electron chi connectivity index (χ1n) is 5.99. The number of halogens is 1. The van der Waals surface area contributed by atoms with Crippen LogP contribution in [0, 0.1) is 5.82 Å². The molecule has 2 N–H and O–H groups in total. The molecule has 1 unspecified atom stereocenters. The van der Waals surface area contributed by atoms with E-state index in [0.717, 1.165) is 0 Å². The van der Waals surface area contributed by atoms with Crippen LogP contribution < -0.4 is 5.32 Å². The summed E-state index contributed by atoms with van der Waals surface area (Å²) in [5.41, 5.74) is 0.812. The van der Waals surface area contributed by atoms with Crippen molar-refractivity contribution < 1.29 is 14.3 Å². The molecule has 0 spiro atoms. The van der Waals surface area contributed by atoms with Gasteiger partial charge in [0.2, 0.25) is 0 Å². The van der Waals surface area contributed by atoms with Crippen molar-refractivity contribution in [3.63, 3.8) is 0 Å². The lowest BCUT2D eigenvalue weighted by molar-refractivity contribution is -0.124. The number of aliphatic hydroxyl groups is 1. The van der Waals surface area contributed by atoms with Crippen LogP contribution in [0.2, 0.25) is 0 Å². The van der Waals surface area contributed by atoms with Crippen LogP contribution >= 0.6 is 11.8 Å². The molecule has 20 heavy (non-hydrogen) atoms. The quantitative estimate of drug-likeness (QED) is 0.850. The molecule has 0 saturated carbocycles. The monoisotopic (exact) mass is 291 g/mol. The summed E-state index contributed by atoms with van der Waals surface area (Å²) in [5, 5.41) is 12.4. The third-order valence-corrected chi connectivity index (χ3v) is 3.55. The molecule has 104 valence electrons. The molecule has 0 aromatic heterocycles. The molecule has 0 fully saturated rings. The lowest BCUT2D eigenvalue weighted by atomic mass is 10.1. The maximum atomic E-state index is 13.6. The van der Waals surface area contributed by atoms with E-state index in [0.29, 0.717) is 16.1 Å². The molecule has 2 aromatic carbocycles. The minimum absolute atomic E-state index is 0.320. The molecule has 0 radical (unpaired) electrons. The number of anilines is 1. The highest BCUT2D eigenvalue weighted by Crippen LogP contribution is 2.23. The Morgan fingerprint density at radius 1 is 1.25 bits per heavy atom. The van der Waals surface area contributed by atoms with Crippen LogP contribution in [0.3, 0.4) is 0 Å². The Morgan fingerprint density at radius 2 is 1.95 bits per heavy atom. The third-order valence-electron chi connectivity index (χ3n) is 2.78. The molecule has 0 saturated heterocycles. The molecule has 0 aliphatic heterocycles. The summed E-state index contributed by atoms with van der Waals surface area (Å²) < 4.78 is 13.6. The van der Waals surface area contributed by atoms with E-state index in [1.807, 2.05) is 0 Å². The second-order valence-electron chi connectivity index (χ2n) is 4.15. The number of amides is 1. The normalized spacial score (nSPS) is 11.9. The van der Waals surface area contributed by atoms with Gasteiger partial charge in [-0.15, -0.1) is 11.8 Å². The molecule has 2 aromatic rings. The number of carbonyl (C=O) groups excluding carboxylic acids is 1. The lowest BCUT2D eigenvalue weighted by Crippen LogP contribution is -2.20. The maximum Gasteiger partial charge on any atom is 0.257 e. The zero-order valence-electron chi connectivity index (χ0n) is 10.8. The molecule has 0 aliphatic carbocycles. The summed E-state index contributed by atoms with van der Waals surface area (Å²) in [7, 11) is 0. The number of benzene rings is 2. The van der Waals surface area contributed by atoms with Gasteiger partial charge in [0.15, 0.2) is 6.10 Å². The molecule has 1 amide bonds. The standard InChI is InChI=1S/C15H14FNO2S/c1-20-13-8-7-11(9-12(13)16)17-15(19)14(18)10-5-3-2-4-6-10/h2-9,14,18H,1H3,(H,17,19). The molecular weight excluding hydrogens is 277 g/mol. The fraction of sp³-hybridized carbons (Fsp3) is 0.133. The van der Waals surface area contributed by atoms with Crippen LogP contribution in [0.4, 0.5) is 10.1 Å². The number of carbonyl (C=O) groups is 1. The minimum Gasteiger partial charge on any atom is -0.378 e. The zero-order valence-corrected chi connectivity index (χ0v) is 11.7. The number of hydrogen-bond donors (Lipinski definition) is 2. The Bertz CT molecular complexity index is 604. The van der Waals surface area contributed by atoms with Gasteiger partial charge in [-0.2, -0.15) is 0 Å². The number of rotatable bonds is 4. The molecular formula is C15H14FNO2S. The maximum absolute atomic E-state index is 13.6. The summed E-state index contributed by atoms with van der Waals surface area (Å²) in [5.74, 6) is -0.989. The average molecular weight is 291 g/mol. The molecule has 0 bridgehead atoms. The Hall–Kier alpha value is -1.85. The third kappa shape index (κ3) is 3.37. The predicted molar refractivity (Wildman–Crippen MR) is 78.2 cm³/mol. The van der Waals surface area contributed by atoms with Crippen LogP contribution in [0.15, 0.2) is 53.4 Å². The van der Waals surface area contributed by atoms with Gasteiger partial charge in [0.25, 0.3) is 5.91 Å². The number of thioether (sulfide) groups is 1. The van der Waals surface area contributed by atoms with E-state index in [-0.39, 0.29) is 0 Å². The average Bonchev–Trinajstić information content (AvgIpc) is 2.47. The fourth-order valence-electron chi connectivity index (χ4n) is 1.74. The number of aliphatic hydroxyl groups excluding tert-OH is 1. The SMILES string of the molecule is CSc1ccc(NC(=O)C(O)c2ccccc2)cc1F. The first-order chi connectivity index (χ1) is 9.61. The highest BCUT2D eigenvalue weighted by molar-refractivity contribution is 7.98. The van der Waals surface area contributed by atoms with Gasteiger partial charge >= 0.3 is 0 Å². The zero-order chi connectivity index (χ0) is 14.5. The van der Waals surface area contributed by atoms with E-state index in [4.69, 9.17) is 0 Å². The van der Waals surface area contributed by atoms with Gasteiger partial charge in [-0.05, 0) is 30.0 Å². The van der Waals surface area contributed by atoms with Crippen LogP contribution in [0.1, 0.15) is 11.7 Å². The summed E-state index contributed by atoms with van der Waals surface area (Å²) in [6.45, 7) is 0. The van der Waals surface area contributed by atoms with Crippen molar-refractivity contribution in [1.29, 1.82) is 0 Å². The van der Waals surface area contributed by atoms with Crippen molar-refractivity contribution in [2.45, 2.75) is 11.0 Å². The molecule has 5 heteroatoms. The Morgan fingerprint density at radius 3 is 2.55 bits per heavy atom. The van der Waals surface area contributed by atoms with Crippen LogP contribution in [-0.4, -0.2) is 17.3 Å². The lowest BCUT2D eigenvalue weighted by Gasteiger charge is -2.12. The molecule has 2 rings (SSSR count). The summed E-state index contributed by atoms with van der Waals surface area (Å²) in [4.78, 5) is 12.4. The highest BCUT2D eigenvalue weighted by atomic mass is 32.2. The molecule has 1 atom stereocenters. The van der Waals surface area contributed by atoms with Crippen molar-refractivity contribution in [2.75, 3.05) is 11.6 Å². The number of hydrogen-bond acceptors (Lipinski definition) is 3. The van der Waals surface area contributed by atoms with Crippen molar-refractivity contribution in [3.05, 3.63) is 59.9 Å². The van der Waals surface area contributed by atoms with Gasteiger partial charge in [0.05, 0.1) is 0 Å². The van der Waals surface area contributed by atoms with Gasteiger partial charge < -0.3 is 10.4 Å². The molecule has 0 aliphatic rings. The largest absolute Gasteiger partial charge is 0.378 e. The van der Waals surface area contributed by atoms with E-state index < -0.39 is 17.8 Å². The topological polar surface area (TPSA) is 49.3 Å². The summed E-state index contributed by atoms with van der Waals surface area (Å²) in [6.07, 6.45) is 0.495. The van der Waals surface area contributed by atoms with E-state index in [2.05, 4.69) is 5.32 Å². The predicted octanol–water partition coefficient (Wildman–Crippen LogP) is 3.22. The van der Waals surface area contributed by atoms with Crippen molar-refractivity contribution in [1.82, 2.24) is 0 Å². The second kappa shape index (κ2) is 6.54. The van der Waals surface area contributed by atoms with Gasteiger partial charge in [0, 0.05) is 10.6 Å². The van der Waals surface area contributed by atoms with E-state index in [1.165, 1.54) is 17.8 Å². The van der Waals surface area contributed by atoms with Gasteiger partial charge in [-0.1, -0.05) is 30.3 Å². The highest BCUT2D eigenvalue weighted by Gasteiger charge is 2.17. The van der Waals surface area contributed by atoms with Crippen LogP contribution in [-0.2, 0) is 4.79 Å². The van der Waals surface area contributed by atoms with Crippen molar-refractivity contribution in [3.8, 4) is 0 Å². The van der Waals surface area contributed by atoms with Gasteiger partial charge in [-0.3, -0.25) is 4.79 Å². The first kappa shape index (κ1) is 14.6. The Labute approximate surface area is 120 Å². The molecule has 0 heterocycles. The first-order valence-corrected chi connectivity index (χ1v) is 7.21. The van der Waals surface area contributed by atoms with Crippen LogP contribution in [0.5, 0.6) is 0 Å². The molecule has 3 nitrogen and oxygen atoms in total. The van der Waals surface area contributed by atoms with Gasteiger partial charge in [-0.25, -0.2) is 4.39 Å². The summed E-state index contributed by atoms with van der Waals surface area (Å²) in [6, 6.07) is 13.0. The Balaban J connectivity index is 2.10. The van der Waals surface area contributed by atoms with Crippen molar-refractivity contribution in [2.24, 2.45) is 0 Å². The minimum atomic E-state index is -1.28. The second-order valence-corrected chi connectivity index (χ2v) is 5.00. The van der Waals surface area contributed by atoms with E-state index >= 15 is 0 Å². The Kier molecular flexibility index (Phi) is 4.76. The van der Waals surface area contributed by atoms with Crippen molar-refractivity contribution >= 4 is 23.4 Å². The van der Waals surface area contributed by atoms with Gasteiger partial charge in [0.1, 0.15) is 5.82 Å². The van der Waals surface area contributed by atoms with Crippen LogP contribution in [0.25, 0.3) is 0 Å². The smallest absolute Gasteiger partial charge is 0.257 e. The van der Waals surface area contributed by atoms with E-state index in [1.54, 1.807) is 48.7 Å². The fourth-order valence-corrected chi connectivity index (χ4v) is 2.20. The summed E-state index contributed by atoms with van der Waals surface area (Å²) >= 11 is 1.29.